The molecular formula is C20H21Cl2F3N2O5S. The van der Waals surface area contributed by atoms with Crippen LogP contribution in [0.25, 0.3) is 0 Å². The minimum atomic E-state index is -5.14. The summed E-state index contributed by atoms with van der Waals surface area (Å²) in [4.78, 5) is 10.7. The third-order valence-corrected chi connectivity index (χ3v) is 7.08. The van der Waals surface area contributed by atoms with Gasteiger partial charge in [0.05, 0.1) is 5.02 Å². The molecule has 2 unspecified atom stereocenters. The van der Waals surface area contributed by atoms with Gasteiger partial charge in [-0.3, -0.25) is 9.57 Å². The van der Waals surface area contributed by atoms with Crippen LogP contribution in [0.4, 0.5) is 13.2 Å². The van der Waals surface area contributed by atoms with Crippen LogP contribution < -0.4 is 10.5 Å². The first-order chi connectivity index (χ1) is 15.1. The standard InChI is InChI=1S/C20H21Cl2F3N2O5S/c21-13-3-6-17(15(22)11-13)32-14-4-1-12(2-5-14)19(30,20(23,24)25)8-10-33(27,31)9-7-16(26)18(28)29/h1-6,11,16,27,30H,7-10,26H2,(H,28,29)/t16-,19?,33?/m0/s1. The van der Waals surface area contributed by atoms with Gasteiger partial charge in [0.1, 0.15) is 17.5 Å². The van der Waals surface area contributed by atoms with Crippen molar-refractivity contribution in [2.45, 2.75) is 30.7 Å². The van der Waals surface area contributed by atoms with E-state index in [0.29, 0.717) is 5.02 Å². The summed E-state index contributed by atoms with van der Waals surface area (Å²) in [6, 6.07) is 7.42. The topological polar surface area (TPSA) is 134 Å². The lowest BCUT2D eigenvalue weighted by Crippen LogP contribution is -2.44. The van der Waals surface area contributed by atoms with Crippen molar-refractivity contribution in [3.63, 3.8) is 0 Å². The van der Waals surface area contributed by atoms with Gasteiger partial charge in [0, 0.05) is 32.7 Å². The van der Waals surface area contributed by atoms with Gasteiger partial charge in [-0.15, -0.1) is 0 Å². The molecule has 0 saturated carbocycles. The van der Waals surface area contributed by atoms with E-state index < -0.39 is 57.0 Å². The van der Waals surface area contributed by atoms with Gasteiger partial charge in [0.25, 0.3) is 0 Å². The van der Waals surface area contributed by atoms with Gasteiger partial charge in [-0.05, 0) is 42.3 Å². The highest BCUT2D eigenvalue weighted by Crippen LogP contribution is 2.43. The lowest BCUT2D eigenvalue weighted by Gasteiger charge is -2.31. The summed E-state index contributed by atoms with van der Waals surface area (Å²) >= 11 is 11.8. The fourth-order valence-electron chi connectivity index (χ4n) is 2.79. The summed E-state index contributed by atoms with van der Waals surface area (Å²) in [7, 11) is -3.62. The summed E-state index contributed by atoms with van der Waals surface area (Å²) in [5, 5.41) is 19.8. The molecule has 0 bridgehead atoms. The molecule has 0 aliphatic rings. The summed E-state index contributed by atoms with van der Waals surface area (Å²) < 4.78 is 66.9. The molecule has 2 rings (SSSR count). The van der Waals surface area contributed by atoms with Crippen LogP contribution in [0.15, 0.2) is 42.5 Å². The number of aliphatic hydroxyl groups is 1. The maximum atomic E-state index is 13.8. The van der Waals surface area contributed by atoms with Gasteiger partial charge in [0.2, 0.25) is 0 Å². The molecule has 0 fully saturated rings. The molecule has 0 aliphatic carbocycles. The second-order valence-electron chi connectivity index (χ2n) is 7.26. The molecule has 0 saturated heterocycles. The van der Waals surface area contributed by atoms with Crippen molar-refractivity contribution in [2.75, 3.05) is 11.5 Å². The summed E-state index contributed by atoms with van der Waals surface area (Å²) in [6.45, 7) is 0. The molecule has 0 radical (unpaired) electrons. The average Bonchev–Trinajstić information content (AvgIpc) is 2.72. The van der Waals surface area contributed by atoms with E-state index in [1.807, 2.05) is 0 Å². The Morgan fingerprint density at radius 3 is 2.27 bits per heavy atom. The highest BCUT2D eigenvalue weighted by molar-refractivity contribution is 7.92. The van der Waals surface area contributed by atoms with Crippen LogP contribution in [-0.2, 0) is 20.1 Å². The molecular weight excluding hydrogens is 508 g/mol. The molecule has 33 heavy (non-hydrogen) atoms. The molecule has 2 aromatic rings. The first-order valence-electron chi connectivity index (χ1n) is 9.40. The van der Waals surface area contributed by atoms with Crippen molar-refractivity contribution in [2.24, 2.45) is 5.73 Å². The predicted octanol–water partition coefficient (Wildman–Crippen LogP) is 4.77. The zero-order valence-corrected chi connectivity index (χ0v) is 19.3. The molecule has 0 aromatic heterocycles. The Bertz CT molecular complexity index is 1100. The highest BCUT2D eigenvalue weighted by Gasteiger charge is 2.54. The molecule has 13 heteroatoms. The van der Waals surface area contributed by atoms with E-state index in [0.717, 1.165) is 12.1 Å². The Labute approximate surface area is 198 Å². The predicted molar refractivity (Wildman–Crippen MR) is 118 cm³/mol. The fraction of sp³-hybridized carbons (Fsp3) is 0.350. The average molecular weight is 529 g/mol. The zero-order valence-electron chi connectivity index (χ0n) is 16.9. The van der Waals surface area contributed by atoms with E-state index in [9.17, 15) is 27.3 Å². The summed E-state index contributed by atoms with van der Waals surface area (Å²) in [6.07, 6.45) is -6.55. The number of carboxylic acids is 1. The molecule has 0 heterocycles. The van der Waals surface area contributed by atoms with E-state index in [4.69, 9.17) is 43.6 Å². The Kier molecular flexibility index (Phi) is 8.63. The number of alkyl halides is 3. The first kappa shape index (κ1) is 27.2. The smallest absolute Gasteiger partial charge is 0.421 e. The van der Waals surface area contributed by atoms with Gasteiger partial charge >= 0.3 is 12.1 Å². The molecule has 5 N–H and O–H groups in total. The minimum Gasteiger partial charge on any atom is -0.480 e. The van der Waals surface area contributed by atoms with Crippen LogP contribution in [0.2, 0.25) is 10.0 Å². The first-order valence-corrected chi connectivity index (χ1v) is 12.0. The number of aliphatic carboxylic acids is 1. The zero-order chi connectivity index (χ0) is 25.0. The number of benzene rings is 2. The van der Waals surface area contributed by atoms with Crippen molar-refractivity contribution in [3.8, 4) is 11.5 Å². The number of ether oxygens (including phenoxy) is 1. The van der Waals surface area contributed by atoms with Crippen LogP contribution in [0.5, 0.6) is 11.5 Å². The van der Waals surface area contributed by atoms with Crippen LogP contribution in [-0.4, -0.2) is 44.1 Å². The molecule has 2 aromatic carbocycles. The Morgan fingerprint density at radius 2 is 1.76 bits per heavy atom. The second kappa shape index (κ2) is 10.5. The molecule has 0 amide bonds. The van der Waals surface area contributed by atoms with Crippen LogP contribution in [0, 0.1) is 4.78 Å². The van der Waals surface area contributed by atoms with Crippen molar-refractivity contribution < 1.29 is 37.1 Å². The van der Waals surface area contributed by atoms with E-state index in [1.165, 1.54) is 30.3 Å². The number of carboxylic acid groups (broad SMARTS) is 1. The van der Waals surface area contributed by atoms with Crippen LogP contribution in [0.3, 0.4) is 0 Å². The van der Waals surface area contributed by atoms with Crippen molar-refractivity contribution in [1.82, 2.24) is 0 Å². The largest absolute Gasteiger partial charge is 0.480 e. The lowest BCUT2D eigenvalue weighted by atomic mass is 9.90. The number of hydrogen-bond donors (Lipinski definition) is 4. The van der Waals surface area contributed by atoms with Crippen molar-refractivity contribution in [3.05, 3.63) is 58.1 Å². The summed E-state index contributed by atoms with van der Waals surface area (Å²) in [5.41, 5.74) is 1.36. The number of nitrogens with one attached hydrogen (secondary N) is 1. The molecule has 182 valence electrons. The fourth-order valence-corrected chi connectivity index (χ4v) is 4.70. The van der Waals surface area contributed by atoms with Gasteiger partial charge in [-0.1, -0.05) is 35.3 Å². The molecule has 0 aliphatic heterocycles. The Hall–Kier alpha value is -2.05. The van der Waals surface area contributed by atoms with E-state index >= 15 is 0 Å². The monoisotopic (exact) mass is 528 g/mol. The van der Waals surface area contributed by atoms with Crippen molar-refractivity contribution >= 4 is 38.9 Å². The number of rotatable bonds is 10. The maximum Gasteiger partial charge on any atom is 0.421 e. The lowest BCUT2D eigenvalue weighted by molar-refractivity contribution is -0.267. The highest BCUT2D eigenvalue weighted by atomic mass is 35.5. The van der Waals surface area contributed by atoms with Crippen LogP contribution in [0.1, 0.15) is 18.4 Å². The third-order valence-electron chi connectivity index (χ3n) is 4.79. The van der Waals surface area contributed by atoms with Gasteiger partial charge in [-0.2, -0.15) is 13.2 Å². The molecule has 7 nitrogen and oxygen atoms in total. The van der Waals surface area contributed by atoms with E-state index in [2.05, 4.69) is 0 Å². The Morgan fingerprint density at radius 1 is 1.15 bits per heavy atom. The van der Waals surface area contributed by atoms with Gasteiger partial charge in [-0.25, -0.2) is 4.21 Å². The van der Waals surface area contributed by atoms with E-state index in [1.54, 1.807) is 0 Å². The molecule has 0 spiro atoms. The van der Waals surface area contributed by atoms with Crippen molar-refractivity contribution in [1.29, 1.82) is 4.78 Å². The molecule has 3 atom stereocenters. The quantitative estimate of drug-likeness (QED) is 0.350. The number of nitrogens with two attached hydrogens (primary N) is 1. The number of carbonyl (C=O) groups is 1. The van der Waals surface area contributed by atoms with Gasteiger partial charge < -0.3 is 20.7 Å². The minimum absolute atomic E-state index is 0.138. The third kappa shape index (κ3) is 7.21. The normalized spacial score (nSPS) is 16.5. The van der Waals surface area contributed by atoms with Gasteiger partial charge in [0.15, 0.2) is 5.60 Å². The maximum absolute atomic E-state index is 13.8. The summed E-state index contributed by atoms with van der Waals surface area (Å²) in [5.74, 6) is -2.34. The number of hydrogen-bond acceptors (Lipinski definition) is 6. The second-order valence-corrected chi connectivity index (χ2v) is 10.5. The van der Waals surface area contributed by atoms with E-state index in [-0.39, 0.29) is 22.9 Å². The SMILES string of the molecule is N=S(=O)(CC[C@H](N)C(=O)O)CCC(O)(c1ccc(Oc2ccc(Cl)cc2Cl)cc1)C(F)(F)F. The Balaban J connectivity index is 2.19. The number of halogens is 5. The van der Waals surface area contributed by atoms with Crippen LogP contribution >= 0.6 is 23.2 Å².